The lowest BCUT2D eigenvalue weighted by Crippen LogP contribution is -2.26. The monoisotopic (exact) mass is 217 g/mol. The van der Waals surface area contributed by atoms with Crippen LogP contribution in [-0.4, -0.2) is 18.5 Å². The zero-order valence-corrected chi connectivity index (χ0v) is 10.7. The molecule has 0 aromatic heterocycles. The van der Waals surface area contributed by atoms with Gasteiger partial charge >= 0.3 is 0 Å². The molecule has 0 radical (unpaired) electrons. The Morgan fingerprint density at radius 2 is 1.88 bits per heavy atom. The minimum atomic E-state index is 0.504. The molecule has 0 aliphatic heterocycles. The molecule has 1 rings (SSSR count). The summed E-state index contributed by atoms with van der Waals surface area (Å²) >= 11 is 0. The highest BCUT2D eigenvalue weighted by atomic mass is 15.1. The molecule has 0 saturated heterocycles. The molecular formula is C15H23N. The first-order chi connectivity index (χ1) is 7.69. The molecule has 1 atom stereocenters. The van der Waals surface area contributed by atoms with Gasteiger partial charge in [0, 0.05) is 12.6 Å². The first-order valence-electron chi connectivity index (χ1n) is 6.10. The van der Waals surface area contributed by atoms with Crippen LogP contribution in [0.25, 0.3) is 0 Å². The molecular weight excluding hydrogens is 194 g/mol. The van der Waals surface area contributed by atoms with Crippen LogP contribution in [-0.2, 0) is 0 Å². The number of nitrogens with zero attached hydrogens (tertiary/aromatic N) is 1. The van der Waals surface area contributed by atoms with E-state index in [9.17, 15) is 0 Å². The van der Waals surface area contributed by atoms with Crippen LogP contribution in [0.2, 0.25) is 0 Å². The van der Waals surface area contributed by atoms with Gasteiger partial charge in [0.15, 0.2) is 0 Å². The van der Waals surface area contributed by atoms with Crippen molar-refractivity contribution in [2.45, 2.75) is 32.7 Å². The maximum Gasteiger partial charge on any atom is 0.0345 e. The van der Waals surface area contributed by atoms with Gasteiger partial charge in [0.05, 0.1) is 0 Å². The van der Waals surface area contributed by atoms with Crippen LogP contribution < -0.4 is 0 Å². The van der Waals surface area contributed by atoms with Crippen LogP contribution in [0.3, 0.4) is 0 Å². The van der Waals surface area contributed by atoms with E-state index in [0.717, 1.165) is 19.4 Å². The van der Waals surface area contributed by atoms with Crippen molar-refractivity contribution in [2.24, 2.45) is 0 Å². The van der Waals surface area contributed by atoms with E-state index < -0.39 is 0 Å². The number of rotatable bonds is 6. The molecule has 0 unspecified atom stereocenters. The molecule has 0 spiro atoms. The van der Waals surface area contributed by atoms with Gasteiger partial charge in [0.1, 0.15) is 0 Å². The van der Waals surface area contributed by atoms with E-state index in [-0.39, 0.29) is 0 Å². The second kappa shape index (κ2) is 6.49. The molecule has 88 valence electrons. The van der Waals surface area contributed by atoms with Crippen molar-refractivity contribution in [1.29, 1.82) is 0 Å². The number of likely N-dealkylation sites (N-methyl/N-ethyl adjacent to an activating group) is 1. The van der Waals surface area contributed by atoms with Crippen molar-refractivity contribution in [1.82, 2.24) is 4.90 Å². The molecule has 1 heteroatoms. The minimum absolute atomic E-state index is 0.504. The van der Waals surface area contributed by atoms with Crippen molar-refractivity contribution < 1.29 is 0 Å². The summed E-state index contributed by atoms with van der Waals surface area (Å²) in [7, 11) is 2.18. The van der Waals surface area contributed by atoms with Crippen LogP contribution in [0.5, 0.6) is 0 Å². The van der Waals surface area contributed by atoms with E-state index in [1.165, 1.54) is 11.1 Å². The normalized spacial score (nSPS) is 12.8. The molecule has 0 bridgehead atoms. The molecule has 1 nitrogen and oxygen atoms in total. The Balaban J connectivity index is 2.71. The van der Waals surface area contributed by atoms with Crippen LogP contribution in [0.15, 0.2) is 42.5 Å². The van der Waals surface area contributed by atoms with Crippen LogP contribution in [0, 0.1) is 0 Å². The standard InChI is InChI=1S/C15H23N/c1-5-13(3)12-16(4)15(6-2)14-10-8-7-9-11-14/h7-11,15H,3,5-6,12H2,1-2,4H3/t15-/m0/s1. The third kappa shape index (κ3) is 3.49. The highest BCUT2D eigenvalue weighted by molar-refractivity contribution is 5.19. The van der Waals surface area contributed by atoms with Gasteiger partial charge in [0.25, 0.3) is 0 Å². The van der Waals surface area contributed by atoms with Gasteiger partial charge in [-0.3, -0.25) is 4.90 Å². The summed E-state index contributed by atoms with van der Waals surface area (Å²) in [4.78, 5) is 2.39. The van der Waals surface area contributed by atoms with Crippen molar-refractivity contribution in [3.8, 4) is 0 Å². The zero-order chi connectivity index (χ0) is 12.0. The van der Waals surface area contributed by atoms with Gasteiger partial charge in [0.2, 0.25) is 0 Å². The third-order valence-corrected chi connectivity index (χ3v) is 3.08. The Morgan fingerprint density at radius 3 is 2.38 bits per heavy atom. The van der Waals surface area contributed by atoms with E-state index in [4.69, 9.17) is 0 Å². The summed E-state index contributed by atoms with van der Waals surface area (Å²) in [6.45, 7) is 9.48. The summed E-state index contributed by atoms with van der Waals surface area (Å²) < 4.78 is 0. The summed E-state index contributed by atoms with van der Waals surface area (Å²) in [6, 6.07) is 11.2. The number of hydrogen-bond acceptors (Lipinski definition) is 1. The second-order valence-electron chi connectivity index (χ2n) is 4.35. The van der Waals surface area contributed by atoms with E-state index in [2.05, 4.69) is 62.7 Å². The van der Waals surface area contributed by atoms with Crippen LogP contribution >= 0.6 is 0 Å². The number of hydrogen-bond donors (Lipinski definition) is 0. The fourth-order valence-electron chi connectivity index (χ4n) is 2.05. The van der Waals surface area contributed by atoms with Gasteiger partial charge in [-0.2, -0.15) is 0 Å². The fraction of sp³-hybridized carbons (Fsp3) is 0.467. The highest BCUT2D eigenvalue weighted by Gasteiger charge is 2.14. The molecule has 0 heterocycles. The Morgan fingerprint density at radius 1 is 1.25 bits per heavy atom. The molecule has 0 fully saturated rings. The Bertz CT molecular complexity index is 315. The van der Waals surface area contributed by atoms with Crippen molar-refractivity contribution in [3.63, 3.8) is 0 Å². The highest BCUT2D eigenvalue weighted by Crippen LogP contribution is 2.23. The molecule has 1 aromatic rings. The summed E-state index contributed by atoms with van der Waals surface area (Å²) in [6.07, 6.45) is 2.20. The van der Waals surface area contributed by atoms with Gasteiger partial charge in [-0.1, -0.05) is 56.3 Å². The molecule has 0 amide bonds. The summed E-state index contributed by atoms with van der Waals surface area (Å²) in [5.41, 5.74) is 2.70. The zero-order valence-electron chi connectivity index (χ0n) is 10.7. The number of benzene rings is 1. The average molecular weight is 217 g/mol. The van der Waals surface area contributed by atoms with E-state index >= 15 is 0 Å². The van der Waals surface area contributed by atoms with Crippen molar-refractivity contribution in [2.75, 3.05) is 13.6 Å². The van der Waals surface area contributed by atoms with E-state index in [1.54, 1.807) is 0 Å². The molecule has 0 aliphatic carbocycles. The van der Waals surface area contributed by atoms with Crippen molar-refractivity contribution in [3.05, 3.63) is 48.0 Å². The Hall–Kier alpha value is -1.08. The average Bonchev–Trinajstić information content (AvgIpc) is 2.31. The fourth-order valence-corrected chi connectivity index (χ4v) is 2.05. The molecule has 16 heavy (non-hydrogen) atoms. The lowest BCUT2D eigenvalue weighted by atomic mass is 10.0. The lowest BCUT2D eigenvalue weighted by Gasteiger charge is -2.28. The maximum absolute atomic E-state index is 4.08. The summed E-state index contributed by atoms with van der Waals surface area (Å²) in [5.74, 6) is 0. The largest absolute Gasteiger partial charge is 0.295 e. The van der Waals surface area contributed by atoms with Gasteiger partial charge < -0.3 is 0 Å². The van der Waals surface area contributed by atoms with Gasteiger partial charge in [-0.05, 0) is 25.5 Å². The van der Waals surface area contributed by atoms with Gasteiger partial charge in [-0.25, -0.2) is 0 Å². The lowest BCUT2D eigenvalue weighted by molar-refractivity contribution is 0.257. The minimum Gasteiger partial charge on any atom is -0.295 e. The van der Waals surface area contributed by atoms with E-state index in [0.29, 0.717) is 6.04 Å². The Labute approximate surface area is 99.8 Å². The maximum atomic E-state index is 4.08. The van der Waals surface area contributed by atoms with Gasteiger partial charge in [-0.15, -0.1) is 0 Å². The van der Waals surface area contributed by atoms with Crippen molar-refractivity contribution >= 4 is 0 Å². The molecule has 1 aromatic carbocycles. The van der Waals surface area contributed by atoms with Crippen LogP contribution in [0.1, 0.15) is 38.3 Å². The molecule has 0 aliphatic rings. The Kier molecular flexibility index (Phi) is 5.27. The second-order valence-corrected chi connectivity index (χ2v) is 4.35. The predicted molar refractivity (Wildman–Crippen MR) is 71.5 cm³/mol. The topological polar surface area (TPSA) is 3.24 Å². The first kappa shape index (κ1) is 13.0. The summed E-state index contributed by atoms with van der Waals surface area (Å²) in [5, 5.41) is 0. The quantitative estimate of drug-likeness (QED) is 0.650. The predicted octanol–water partition coefficient (Wildman–Crippen LogP) is 4.04. The SMILES string of the molecule is C=C(CC)CN(C)[C@@H](CC)c1ccccc1. The molecule has 0 N–H and O–H groups in total. The third-order valence-electron chi connectivity index (χ3n) is 3.08. The van der Waals surface area contributed by atoms with E-state index in [1.807, 2.05) is 0 Å². The van der Waals surface area contributed by atoms with Crippen LogP contribution in [0.4, 0.5) is 0 Å². The smallest absolute Gasteiger partial charge is 0.0345 e. The molecule has 0 saturated carbocycles. The first-order valence-corrected chi connectivity index (χ1v) is 6.10.